The SMILES string of the molecule is C=C(C)C(=O)CCCCOC1OC(CO)C(O)C(O)C1O. The molecule has 5 unspecified atom stereocenters. The van der Waals surface area contributed by atoms with E-state index < -0.39 is 37.3 Å². The van der Waals surface area contributed by atoms with Crippen molar-refractivity contribution in [2.75, 3.05) is 13.2 Å². The van der Waals surface area contributed by atoms with Crippen molar-refractivity contribution >= 4 is 5.78 Å². The molecule has 5 atom stereocenters. The second-order valence-corrected chi connectivity index (χ2v) is 5.23. The molecule has 1 aliphatic rings. The molecule has 1 rings (SSSR count). The van der Waals surface area contributed by atoms with Gasteiger partial charge in [0.15, 0.2) is 12.1 Å². The summed E-state index contributed by atoms with van der Waals surface area (Å²) in [5.41, 5.74) is 0.518. The molecule has 0 aromatic heterocycles. The highest BCUT2D eigenvalue weighted by Crippen LogP contribution is 2.22. The third kappa shape index (κ3) is 5.14. The van der Waals surface area contributed by atoms with E-state index in [0.717, 1.165) is 0 Å². The Hall–Kier alpha value is -0.830. The predicted octanol–water partition coefficient (Wildman–Crippen LogP) is -0.882. The first kappa shape index (κ1) is 18.2. The first-order valence-electron chi connectivity index (χ1n) is 6.99. The van der Waals surface area contributed by atoms with Crippen LogP contribution in [0.1, 0.15) is 26.2 Å². The van der Waals surface area contributed by atoms with Crippen LogP contribution in [0.5, 0.6) is 0 Å². The van der Waals surface area contributed by atoms with Crippen LogP contribution in [0.4, 0.5) is 0 Å². The molecule has 1 fully saturated rings. The zero-order chi connectivity index (χ0) is 16.0. The van der Waals surface area contributed by atoms with Crippen LogP contribution in [0.15, 0.2) is 12.2 Å². The first-order valence-corrected chi connectivity index (χ1v) is 6.99. The second kappa shape index (κ2) is 8.57. The van der Waals surface area contributed by atoms with E-state index in [0.29, 0.717) is 24.8 Å². The molecule has 7 heteroatoms. The molecule has 1 aliphatic heterocycles. The summed E-state index contributed by atoms with van der Waals surface area (Å²) in [5.74, 6) is 0.00263. The molecule has 0 aliphatic carbocycles. The summed E-state index contributed by atoms with van der Waals surface area (Å²) in [6.07, 6.45) is -4.73. The van der Waals surface area contributed by atoms with E-state index in [-0.39, 0.29) is 12.4 Å². The van der Waals surface area contributed by atoms with Gasteiger partial charge in [0.25, 0.3) is 0 Å². The maximum atomic E-state index is 11.3. The van der Waals surface area contributed by atoms with E-state index in [1.807, 2.05) is 0 Å². The van der Waals surface area contributed by atoms with Gasteiger partial charge in [0, 0.05) is 13.0 Å². The molecule has 1 saturated heterocycles. The van der Waals surface area contributed by atoms with E-state index in [1.165, 1.54) is 0 Å². The largest absolute Gasteiger partial charge is 0.394 e. The molecule has 0 aromatic carbocycles. The van der Waals surface area contributed by atoms with Gasteiger partial charge in [0.1, 0.15) is 24.4 Å². The maximum absolute atomic E-state index is 11.3. The van der Waals surface area contributed by atoms with Crippen molar-refractivity contribution < 1.29 is 34.7 Å². The zero-order valence-corrected chi connectivity index (χ0v) is 12.1. The Morgan fingerprint density at radius 1 is 1.19 bits per heavy atom. The van der Waals surface area contributed by atoms with Crippen molar-refractivity contribution in [1.29, 1.82) is 0 Å². The normalized spacial score (nSPS) is 32.9. The average molecular weight is 304 g/mol. The van der Waals surface area contributed by atoms with Crippen LogP contribution >= 0.6 is 0 Å². The molecule has 1 heterocycles. The summed E-state index contributed by atoms with van der Waals surface area (Å²) in [6.45, 7) is 4.96. The van der Waals surface area contributed by atoms with Gasteiger partial charge in [-0.2, -0.15) is 0 Å². The van der Waals surface area contributed by atoms with E-state index in [9.17, 15) is 20.1 Å². The number of aliphatic hydroxyl groups is 4. The fourth-order valence-electron chi connectivity index (χ4n) is 2.01. The van der Waals surface area contributed by atoms with Gasteiger partial charge in [0.2, 0.25) is 0 Å². The van der Waals surface area contributed by atoms with Crippen LogP contribution < -0.4 is 0 Å². The Morgan fingerprint density at radius 3 is 2.43 bits per heavy atom. The Balaban J connectivity index is 2.31. The summed E-state index contributed by atoms with van der Waals surface area (Å²) in [5, 5.41) is 37.9. The smallest absolute Gasteiger partial charge is 0.186 e. The van der Waals surface area contributed by atoms with Crippen LogP contribution in [0.3, 0.4) is 0 Å². The van der Waals surface area contributed by atoms with Gasteiger partial charge in [-0.05, 0) is 25.3 Å². The van der Waals surface area contributed by atoms with Crippen molar-refractivity contribution in [3.8, 4) is 0 Å². The number of rotatable bonds is 8. The number of unbranched alkanes of at least 4 members (excludes halogenated alkanes) is 1. The van der Waals surface area contributed by atoms with Crippen molar-refractivity contribution in [3.63, 3.8) is 0 Å². The fourth-order valence-corrected chi connectivity index (χ4v) is 2.01. The molecule has 0 spiro atoms. The third-order valence-corrected chi connectivity index (χ3v) is 3.40. The fraction of sp³-hybridized carbons (Fsp3) is 0.786. The molecule has 0 saturated carbocycles. The number of carbonyl (C=O) groups excluding carboxylic acids is 1. The Kier molecular flexibility index (Phi) is 7.44. The summed E-state index contributed by atoms with van der Waals surface area (Å²) in [6, 6.07) is 0. The highest BCUT2D eigenvalue weighted by Gasteiger charge is 2.43. The summed E-state index contributed by atoms with van der Waals surface area (Å²) in [7, 11) is 0. The first-order chi connectivity index (χ1) is 9.88. The molecule has 4 N–H and O–H groups in total. The number of ether oxygens (including phenoxy) is 2. The molecule has 0 aromatic rings. The van der Waals surface area contributed by atoms with E-state index in [2.05, 4.69) is 6.58 Å². The number of aliphatic hydroxyl groups excluding tert-OH is 4. The summed E-state index contributed by atoms with van der Waals surface area (Å²) < 4.78 is 10.5. The summed E-state index contributed by atoms with van der Waals surface area (Å²) in [4.78, 5) is 11.3. The molecular weight excluding hydrogens is 280 g/mol. The van der Waals surface area contributed by atoms with Gasteiger partial charge < -0.3 is 29.9 Å². The lowest BCUT2D eigenvalue weighted by molar-refractivity contribution is -0.301. The van der Waals surface area contributed by atoms with Crippen LogP contribution in [0.2, 0.25) is 0 Å². The van der Waals surface area contributed by atoms with Gasteiger partial charge in [-0.25, -0.2) is 0 Å². The van der Waals surface area contributed by atoms with Gasteiger partial charge >= 0.3 is 0 Å². The number of allylic oxidation sites excluding steroid dienone is 1. The zero-order valence-electron chi connectivity index (χ0n) is 12.1. The number of hydrogen-bond donors (Lipinski definition) is 4. The highest BCUT2D eigenvalue weighted by atomic mass is 16.7. The minimum absolute atomic E-state index is 0.00263. The molecule has 7 nitrogen and oxygen atoms in total. The lowest BCUT2D eigenvalue weighted by Crippen LogP contribution is -2.59. The lowest BCUT2D eigenvalue weighted by Gasteiger charge is -2.39. The minimum atomic E-state index is -1.44. The molecular formula is C14H24O7. The van der Waals surface area contributed by atoms with Crippen molar-refractivity contribution in [3.05, 3.63) is 12.2 Å². The highest BCUT2D eigenvalue weighted by molar-refractivity contribution is 5.93. The summed E-state index contributed by atoms with van der Waals surface area (Å²) >= 11 is 0. The van der Waals surface area contributed by atoms with Crippen molar-refractivity contribution in [2.45, 2.75) is 56.9 Å². The minimum Gasteiger partial charge on any atom is -0.394 e. The van der Waals surface area contributed by atoms with Gasteiger partial charge in [-0.3, -0.25) is 4.79 Å². The second-order valence-electron chi connectivity index (χ2n) is 5.23. The molecule has 0 radical (unpaired) electrons. The van der Waals surface area contributed by atoms with Crippen molar-refractivity contribution in [1.82, 2.24) is 0 Å². The van der Waals surface area contributed by atoms with E-state index in [4.69, 9.17) is 14.6 Å². The van der Waals surface area contributed by atoms with Gasteiger partial charge in [-0.1, -0.05) is 6.58 Å². The predicted molar refractivity (Wildman–Crippen MR) is 73.4 cm³/mol. The molecule has 122 valence electrons. The quantitative estimate of drug-likeness (QED) is 0.340. The Bertz CT molecular complexity index is 355. The molecule has 0 amide bonds. The van der Waals surface area contributed by atoms with Crippen LogP contribution in [0, 0.1) is 0 Å². The number of hydrogen-bond acceptors (Lipinski definition) is 7. The van der Waals surface area contributed by atoms with Crippen LogP contribution in [-0.4, -0.2) is 70.1 Å². The maximum Gasteiger partial charge on any atom is 0.186 e. The topological polar surface area (TPSA) is 116 Å². The van der Waals surface area contributed by atoms with Crippen LogP contribution in [-0.2, 0) is 14.3 Å². The molecule has 0 bridgehead atoms. The van der Waals surface area contributed by atoms with E-state index in [1.54, 1.807) is 6.92 Å². The lowest BCUT2D eigenvalue weighted by atomic mass is 9.99. The number of carbonyl (C=O) groups is 1. The van der Waals surface area contributed by atoms with E-state index >= 15 is 0 Å². The number of ketones is 1. The monoisotopic (exact) mass is 304 g/mol. The van der Waals surface area contributed by atoms with Crippen molar-refractivity contribution in [2.24, 2.45) is 0 Å². The average Bonchev–Trinajstić information content (AvgIpc) is 2.46. The Morgan fingerprint density at radius 2 is 1.86 bits per heavy atom. The molecule has 21 heavy (non-hydrogen) atoms. The van der Waals surface area contributed by atoms with Gasteiger partial charge in [-0.15, -0.1) is 0 Å². The standard InChI is InChI=1S/C14H24O7/c1-8(2)9(16)5-3-4-6-20-14-13(19)12(18)11(17)10(7-15)21-14/h10-15,17-19H,1,3-7H2,2H3. The Labute approximate surface area is 123 Å². The third-order valence-electron chi connectivity index (χ3n) is 3.40. The van der Waals surface area contributed by atoms with Gasteiger partial charge in [0.05, 0.1) is 6.61 Å². The number of Topliss-reactive ketones (excluding diaryl/α,β-unsaturated/α-hetero) is 1. The van der Waals surface area contributed by atoms with Crippen LogP contribution in [0.25, 0.3) is 0 Å².